The van der Waals surface area contributed by atoms with Crippen LogP contribution in [0.25, 0.3) is 5.69 Å². The second-order valence-corrected chi connectivity index (χ2v) is 6.17. The molecular weight excluding hydrogens is 363 g/mol. The van der Waals surface area contributed by atoms with Crippen molar-refractivity contribution in [2.75, 3.05) is 13.1 Å². The first-order valence-electron chi connectivity index (χ1n) is 8.44. The first kappa shape index (κ1) is 18.9. The van der Waals surface area contributed by atoms with Crippen LogP contribution >= 0.6 is 0 Å². The van der Waals surface area contributed by atoms with Crippen molar-refractivity contribution in [1.29, 1.82) is 0 Å². The fourth-order valence-corrected chi connectivity index (χ4v) is 2.84. The van der Waals surface area contributed by atoms with Crippen LogP contribution in [-0.2, 0) is 4.79 Å². The van der Waals surface area contributed by atoms with Crippen LogP contribution in [-0.4, -0.2) is 56.1 Å². The summed E-state index contributed by atoms with van der Waals surface area (Å²) in [5.41, 5.74) is 1.10. The minimum atomic E-state index is -4.42. The topological polar surface area (TPSA) is 71.3 Å². The molecular formula is C17H18F3N5O2. The van der Waals surface area contributed by atoms with Crippen molar-refractivity contribution in [2.45, 2.75) is 32.4 Å². The maximum atomic E-state index is 12.8. The number of hydrogen-bond donors (Lipinski definition) is 0. The highest BCUT2D eigenvalue weighted by atomic mass is 19.4. The van der Waals surface area contributed by atoms with Crippen LogP contribution in [0, 0.1) is 6.92 Å². The molecule has 0 aliphatic carbocycles. The van der Waals surface area contributed by atoms with Crippen molar-refractivity contribution < 1.29 is 22.8 Å². The smallest absolute Gasteiger partial charge is 0.273 e. The summed E-state index contributed by atoms with van der Waals surface area (Å²) in [7, 11) is 0. The molecule has 7 nitrogen and oxygen atoms in total. The van der Waals surface area contributed by atoms with Crippen LogP contribution in [0.15, 0.2) is 30.3 Å². The zero-order valence-electron chi connectivity index (χ0n) is 14.6. The number of benzene rings is 1. The molecule has 10 heteroatoms. The van der Waals surface area contributed by atoms with E-state index in [1.165, 1.54) is 4.80 Å². The number of amides is 2. The first-order chi connectivity index (χ1) is 12.8. The Hall–Kier alpha value is -2.91. The molecule has 144 valence electrons. The van der Waals surface area contributed by atoms with Gasteiger partial charge in [0.1, 0.15) is 0 Å². The minimum absolute atomic E-state index is 0.0642. The number of nitrogens with zero attached hydrogens (tertiary/aromatic N) is 5. The third-order valence-corrected chi connectivity index (χ3v) is 4.15. The normalized spacial score (nSPS) is 14.7. The Balaban J connectivity index is 1.77. The van der Waals surface area contributed by atoms with Crippen LogP contribution in [0.1, 0.15) is 35.4 Å². The second-order valence-electron chi connectivity index (χ2n) is 6.17. The largest absolute Gasteiger partial charge is 0.389 e. The van der Waals surface area contributed by atoms with Gasteiger partial charge >= 0.3 is 6.18 Å². The Labute approximate surface area is 153 Å². The summed E-state index contributed by atoms with van der Waals surface area (Å²) >= 11 is 0. The lowest BCUT2D eigenvalue weighted by molar-refractivity contribution is -0.154. The molecule has 1 saturated heterocycles. The Bertz CT molecular complexity index is 835. The Kier molecular flexibility index (Phi) is 5.15. The predicted molar refractivity (Wildman–Crippen MR) is 88.8 cm³/mol. The van der Waals surface area contributed by atoms with E-state index in [0.29, 0.717) is 17.8 Å². The highest BCUT2D eigenvalue weighted by Crippen LogP contribution is 2.24. The van der Waals surface area contributed by atoms with Crippen LogP contribution in [0.2, 0.25) is 0 Å². The van der Waals surface area contributed by atoms with Gasteiger partial charge in [0, 0.05) is 19.5 Å². The summed E-state index contributed by atoms with van der Waals surface area (Å²) in [4.78, 5) is 26.3. The molecule has 0 radical (unpaired) electrons. The van der Waals surface area contributed by atoms with Crippen molar-refractivity contribution >= 4 is 11.8 Å². The number of carbonyl (C=O) groups excluding carboxylic acids is 2. The van der Waals surface area contributed by atoms with Gasteiger partial charge in [0.25, 0.3) is 5.91 Å². The summed E-state index contributed by atoms with van der Waals surface area (Å²) in [5, 5.41) is 10.7. The molecule has 3 rings (SSSR count). The summed E-state index contributed by atoms with van der Waals surface area (Å²) in [6.07, 6.45) is -5.83. The quantitative estimate of drug-likeness (QED) is 0.816. The van der Waals surface area contributed by atoms with Gasteiger partial charge in [0.2, 0.25) is 5.91 Å². The standard InChI is InChI=1S/C17H18F3N5O2/c1-12-15(22-25(21-12)13-6-3-2-4-7-13)16(27)24-11-5-10-23(24)14(26)8-9-17(18,19)20/h2-4,6-7H,5,8-11H2,1H3. The van der Waals surface area contributed by atoms with Crippen LogP contribution < -0.4 is 0 Å². The van der Waals surface area contributed by atoms with E-state index in [1.54, 1.807) is 31.2 Å². The average molecular weight is 381 g/mol. The molecule has 0 bridgehead atoms. The zero-order valence-corrected chi connectivity index (χ0v) is 14.6. The number of para-hydroxylation sites is 1. The third-order valence-electron chi connectivity index (χ3n) is 4.15. The molecule has 2 aromatic rings. The van der Waals surface area contributed by atoms with Crippen LogP contribution in [0.4, 0.5) is 13.2 Å². The molecule has 0 unspecified atom stereocenters. The number of rotatable bonds is 4. The van der Waals surface area contributed by atoms with Crippen molar-refractivity contribution in [2.24, 2.45) is 0 Å². The number of halogens is 3. The fourth-order valence-electron chi connectivity index (χ4n) is 2.84. The van der Waals surface area contributed by atoms with Gasteiger partial charge in [0.05, 0.1) is 17.8 Å². The van der Waals surface area contributed by atoms with E-state index >= 15 is 0 Å². The maximum absolute atomic E-state index is 12.8. The van der Waals surface area contributed by atoms with Crippen molar-refractivity contribution in [3.63, 3.8) is 0 Å². The van der Waals surface area contributed by atoms with Crippen LogP contribution in [0.5, 0.6) is 0 Å². The monoisotopic (exact) mass is 381 g/mol. The van der Waals surface area contributed by atoms with E-state index < -0.39 is 30.8 Å². The molecule has 1 fully saturated rings. The highest BCUT2D eigenvalue weighted by molar-refractivity contribution is 5.94. The minimum Gasteiger partial charge on any atom is -0.273 e. The summed E-state index contributed by atoms with van der Waals surface area (Å²) in [6, 6.07) is 8.99. The summed E-state index contributed by atoms with van der Waals surface area (Å²) in [6.45, 7) is 2.06. The molecule has 2 heterocycles. The van der Waals surface area contributed by atoms with Gasteiger partial charge in [-0.2, -0.15) is 23.1 Å². The van der Waals surface area contributed by atoms with Gasteiger partial charge in [0.15, 0.2) is 5.69 Å². The SMILES string of the molecule is Cc1nn(-c2ccccc2)nc1C(=O)N1CCCN1C(=O)CCC(F)(F)F. The molecule has 0 saturated carbocycles. The van der Waals surface area contributed by atoms with Gasteiger partial charge in [-0.1, -0.05) is 18.2 Å². The maximum Gasteiger partial charge on any atom is 0.389 e. The molecule has 1 aliphatic heterocycles. The molecule has 2 amide bonds. The lowest BCUT2D eigenvalue weighted by Crippen LogP contribution is -2.45. The van der Waals surface area contributed by atoms with Crippen molar-refractivity contribution in [1.82, 2.24) is 25.0 Å². The van der Waals surface area contributed by atoms with E-state index in [2.05, 4.69) is 10.2 Å². The van der Waals surface area contributed by atoms with Crippen molar-refractivity contribution in [3.05, 3.63) is 41.7 Å². The zero-order chi connectivity index (χ0) is 19.6. The number of carbonyl (C=O) groups is 2. The lowest BCUT2D eigenvalue weighted by Gasteiger charge is -2.27. The molecule has 0 N–H and O–H groups in total. The lowest BCUT2D eigenvalue weighted by atomic mass is 10.3. The first-order valence-corrected chi connectivity index (χ1v) is 8.44. The van der Waals surface area contributed by atoms with Gasteiger partial charge in [-0.15, -0.1) is 5.10 Å². The Morgan fingerprint density at radius 3 is 2.41 bits per heavy atom. The van der Waals surface area contributed by atoms with Gasteiger partial charge in [-0.25, -0.2) is 5.01 Å². The number of aromatic nitrogens is 3. The second kappa shape index (κ2) is 7.37. The molecule has 1 aromatic carbocycles. The summed E-state index contributed by atoms with van der Waals surface area (Å²) in [5.74, 6) is -1.28. The predicted octanol–water partition coefficient (Wildman–Crippen LogP) is 2.51. The van der Waals surface area contributed by atoms with E-state index in [9.17, 15) is 22.8 Å². The Morgan fingerprint density at radius 1 is 1.07 bits per heavy atom. The highest BCUT2D eigenvalue weighted by Gasteiger charge is 2.36. The number of hydrazine groups is 1. The number of alkyl halides is 3. The van der Waals surface area contributed by atoms with E-state index in [0.717, 1.165) is 10.0 Å². The molecule has 1 aromatic heterocycles. The van der Waals surface area contributed by atoms with E-state index in [-0.39, 0.29) is 18.8 Å². The number of aryl methyl sites for hydroxylation is 1. The van der Waals surface area contributed by atoms with Gasteiger partial charge < -0.3 is 0 Å². The summed E-state index contributed by atoms with van der Waals surface area (Å²) < 4.78 is 37.1. The molecule has 27 heavy (non-hydrogen) atoms. The van der Waals surface area contributed by atoms with Gasteiger partial charge in [-0.3, -0.25) is 14.6 Å². The van der Waals surface area contributed by atoms with Gasteiger partial charge in [-0.05, 0) is 25.5 Å². The van der Waals surface area contributed by atoms with E-state index in [1.807, 2.05) is 6.07 Å². The van der Waals surface area contributed by atoms with Crippen molar-refractivity contribution in [3.8, 4) is 5.69 Å². The molecule has 1 aliphatic rings. The Morgan fingerprint density at radius 2 is 1.74 bits per heavy atom. The molecule has 0 atom stereocenters. The van der Waals surface area contributed by atoms with Crippen LogP contribution in [0.3, 0.4) is 0 Å². The third kappa shape index (κ3) is 4.26. The molecule has 0 spiro atoms. The van der Waals surface area contributed by atoms with E-state index in [4.69, 9.17) is 0 Å². The number of hydrogen-bond acceptors (Lipinski definition) is 4. The fraction of sp³-hybridized carbons (Fsp3) is 0.412. The average Bonchev–Trinajstić information content (AvgIpc) is 3.26.